The Labute approximate surface area is 140 Å². The largest absolute Gasteiger partial charge is 0.508 e. The van der Waals surface area contributed by atoms with Gasteiger partial charge < -0.3 is 5.11 Å². The van der Waals surface area contributed by atoms with Gasteiger partial charge in [-0.1, -0.05) is 65.0 Å². The summed E-state index contributed by atoms with van der Waals surface area (Å²) in [6, 6.07) is 14.5. The summed E-state index contributed by atoms with van der Waals surface area (Å²) in [6.45, 7) is 13.8. The van der Waals surface area contributed by atoms with E-state index in [4.69, 9.17) is 0 Å². The van der Waals surface area contributed by atoms with Crippen LogP contribution < -0.4 is 0 Å². The molecule has 2 aromatic rings. The van der Waals surface area contributed by atoms with Gasteiger partial charge in [-0.05, 0) is 47.3 Å². The van der Waals surface area contributed by atoms with E-state index in [1.165, 1.54) is 5.56 Å². The zero-order chi connectivity index (χ0) is 17.0. The highest BCUT2D eigenvalue weighted by Gasteiger charge is 2.21. The molecule has 0 aromatic heterocycles. The van der Waals surface area contributed by atoms with E-state index in [-0.39, 0.29) is 5.41 Å². The molecule has 0 radical (unpaired) electrons. The quantitative estimate of drug-likeness (QED) is 0.820. The van der Waals surface area contributed by atoms with E-state index in [2.05, 4.69) is 57.7 Å². The van der Waals surface area contributed by atoms with Crippen LogP contribution in [-0.2, 0) is 12.0 Å². The fourth-order valence-electron chi connectivity index (χ4n) is 2.92. The Hall–Kier alpha value is -1.80. The second kappa shape index (κ2) is 7.18. The molecule has 0 fully saturated rings. The Morgan fingerprint density at radius 2 is 1.57 bits per heavy atom. The molecule has 2 heteroatoms. The van der Waals surface area contributed by atoms with Gasteiger partial charge in [-0.2, -0.15) is 0 Å². The molecule has 2 aromatic carbocycles. The summed E-state index contributed by atoms with van der Waals surface area (Å²) in [5, 5.41) is 10.6. The molecule has 0 heterocycles. The summed E-state index contributed by atoms with van der Waals surface area (Å²) in [5.74, 6) is 0.392. The van der Waals surface area contributed by atoms with Crippen LogP contribution in [-0.4, -0.2) is 23.1 Å². The van der Waals surface area contributed by atoms with Crippen LogP contribution in [0.4, 0.5) is 0 Å². The van der Waals surface area contributed by atoms with Crippen LogP contribution in [0.25, 0.3) is 11.1 Å². The Morgan fingerprint density at radius 1 is 0.957 bits per heavy atom. The van der Waals surface area contributed by atoms with Crippen molar-refractivity contribution < 1.29 is 5.11 Å². The highest BCUT2D eigenvalue weighted by atomic mass is 16.3. The molecule has 2 rings (SSSR count). The molecule has 0 aliphatic carbocycles. The zero-order valence-electron chi connectivity index (χ0n) is 15.1. The minimum atomic E-state index is 0.0247. The van der Waals surface area contributed by atoms with Gasteiger partial charge in [0.2, 0.25) is 0 Å². The number of hydrogen-bond acceptors (Lipinski definition) is 2. The van der Waals surface area contributed by atoms with Gasteiger partial charge in [-0.25, -0.2) is 0 Å². The van der Waals surface area contributed by atoms with Crippen LogP contribution in [0.5, 0.6) is 5.75 Å². The van der Waals surface area contributed by atoms with E-state index in [9.17, 15) is 5.11 Å². The first kappa shape index (κ1) is 17.6. The summed E-state index contributed by atoms with van der Waals surface area (Å²) >= 11 is 0. The summed E-state index contributed by atoms with van der Waals surface area (Å²) in [5.41, 5.74) is 4.60. The molecule has 0 saturated carbocycles. The number of nitrogens with zero attached hydrogens (tertiary/aromatic N) is 1. The molecule has 0 aliphatic heterocycles. The average molecular weight is 311 g/mol. The molecule has 1 N–H and O–H groups in total. The van der Waals surface area contributed by atoms with Crippen molar-refractivity contribution in [3.63, 3.8) is 0 Å². The topological polar surface area (TPSA) is 23.5 Å². The van der Waals surface area contributed by atoms with Crippen LogP contribution in [0.2, 0.25) is 0 Å². The lowest BCUT2D eigenvalue weighted by Gasteiger charge is -2.26. The lowest BCUT2D eigenvalue weighted by atomic mass is 9.80. The first-order chi connectivity index (χ1) is 10.9. The van der Waals surface area contributed by atoms with Crippen molar-refractivity contribution in [2.75, 3.05) is 13.1 Å². The SMILES string of the molecule is CCN(CC)Cc1cc(C(C)(C)C)c(-c2ccccc2)cc1O. The third-order valence-electron chi connectivity index (χ3n) is 4.40. The zero-order valence-corrected chi connectivity index (χ0v) is 15.1. The molecule has 0 bridgehead atoms. The highest BCUT2D eigenvalue weighted by Crippen LogP contribution is 2.37. The Kier molecular flexibility index (Phi) is 5.48. The average Bonchev–Trinajstić information content (AvgIpc) is 2.53. The van der Waals surface area contributed by atoms with Crippen LogP contribution in [0, 0.1) is 0 Å². The maximum atomic E-state index is 10.6. The number of hydrogen-bond donors (Lipinski definition) is 1. The molecule has 0 spiro atoms. The maximum absolute atomic E-state index is 10.6. The van der Waals surface area contributed by atoms with Crippen molar-refractivity contribution >= 4 is 0 Å². The van der Waals surface area contributed by atoms with Gasteiger partial charge in [0.05, 0.1) is 0 Å². The van der Waals surface area contributed by atoms with Crippen molar-refractivity contribution in [3.05, 3.63) is 53.6 Å². The van der Waals surface area contributed by atoms with Crippen molar-refractivity contribution in [1.82, 2.24) is 4.90 Å². The van der Waals surface area contributed by atoms with Crippen LogP contribution in [0.15, 0.2) is 42.5 Å². The third-order valence-corrected chi connectivity index (χ3v) is 4.40. The molecular weight excluding hydrogens is 282 g/mol. The van der Waals surface area contributed by atoms with Gasteiger partial charge >= 0.3 is 0 Å². The molecular formula is C21H29NO. The predicted molar refractivity (Wildman–Crippen MR) is 98.9 cm³/mol. The molecule has 0 atom stereocenters. The lowest BCUT2D eigenvalue weighted by molar-refractivity contribution is 0.290. The fraction of sp³-hybridized carbons (Fsp3) is 0.429. The molecule has 0 amide bonds. The van der Waals surface area contributed by atoms with Crippen LogP contribution in [0.1, 0.15) is 45.7 Å². The lowest BCUT2D eigenvalue weighted by Crippen LogP contribution is -2.23. The number of phenolic OH excluding ortho intramolecular Hbond substituents is 1. The third kappa shape index (κ3) is 4.14. The van der Waals surface area contributed by atoms with Crippen LogP contribution in [0.3, 0.4) is 0 Å². The first-order valence-corrected chi connectivity index (χ1v) is 8.51. The van der Waals surface area contributed by atoms with Gasteiger partial charge in [0, 0.05) is 12.1 Å². The molecule has 124 valence electrons. The monoisotopic (exact) mass is 311 g/mol. The van der Waals surface area contributed by atoms with Gasteiger partial charge in [0.1, 0.15) is 5.75 Å². The number of phenols is 1. The van der Waals surface area contributed by atoms with E-state index in [1.54, 1.807) is 0 Å². The van der Waals surface area contributed by atoms with E-state index < -0.39 is 0 Å². The molecule has 0 saturated heterocycles. The Balaban J connectivity index is 2.55. The first-order valence-electron chi connectivity index (χ1n) is 8.51. The number of rotatable bonds is 5. The summed E-state index contributed by atoms with van der Waals surface area (Å²) in [7, 11) is 0. The smallest absolute Gasteiger partial charge is 0.120 e. The second-order valence-electron chi connectivity index (χ2n) is 7.10. The molecule has 2 nitrogen and oxygen atoms in total. The van der Waals surface area contributed by atoms with E-state index in [1.807, 2.05) is 24.3 Å². The van der Waals surface area contributed by atoms with Gasteiger partial charge in [0.25, 0.3) is 0 Å². The summed E-state index contributed by atoms with van der Waals surface area (Å²) < 4.78 is 0. The predicted octanol–water partition coefficient (Wildman–Crippen LogP) is 5.20. The van der Waals surface area contributed by atoms with Gasteiger partial charge in [-0.15, -0.1) is 0 Å². The Morgan fingerprint density at radius 3 is 2.09 bits per heavy atom. The van der Waals surface area contributed by atoms with Gasteiger partial charge in [-0.3, -0.25) is 4.90 Å². The second-order valence-corrected chi connectivity index (χ2v) is 7.10. The van der Waals surface area contributed by atoms with E-state index in [0.29, 0.717) is 5.75 Å². The standard InChI is InChI=1S/C21H29NO/c1-6-22(7-2)15-17-13-19(21(3,4)5)18(14-20(17)23)16-11-9-8-10-12-16/h8-14,23H,6-7,15H2,1-5H3. The normalized spacial score (nSPS) is 11.9. The maximum Gasteiger partial charge on any atom is 0.120 e. The molecule has 0 unspecified atom stereocenters. The Bertz CT molecular complexity index is 637. The summed E-state index contributed by atoms with van der Waals surface area (Å²) in [6.07, 6.45) is 0. The fourth-order valence-corrected chi connectivity index (χ4v) is 2.92. The van der Waals surface area contributed by atoms with E-state index in [0.717, 1.165) is 36.3 Å². The van der Waals surface area contributed by atoms with Crippen molar-refractivity contribution in [1.29, 1.82) is 0 Å². The van der Waals surface area contributed by atoms with Crippen molar-refractivity contribution in [3.8, 4) is 16.9 Å². The van der Waals surface area contributed by atoms with E-state index >= 15 is 0 Å². The molecule has 0 aliphatic rings. The number of aromatic hydroxyl groups is 1. The molecule has 23 heavy (non-hydrogen) atoms. The highest BCUT2D eigenvalue weighted by molar-refractivity contribution is 5.71. The minimum absolute atomic E-state index is 0.0247. The van der Waals surface area contributed by atoms with Crippen LogP contribution >= 0.6 is 0 Å². The number of benzene rings is 2. The van der Waals surface area contributed by atoms with Gasteiger partial charge in [0.15, 0.2) is 0 Å². The van der Waals surface area contributed by atoms with Crippen molar-refractivity contribution in [2.24, 2.45) is 0 Å². The van der Waals surface area contributed by atoms with Crippen molar-refractivity contribution in [2.45, 2.75) is 46.6 Å². The summed E-state index contributed by atoms with van der Waals surface area (Å²) in [4.78, 5) is 2.32. The minimum Gasteiger partial charge on any atom is -0.508 e.